The van der Waals surface area contributed by atoms with Gasteiger partial charge in [0.05, 0.1) is 6.04 Å². The Labute approximate surface area is 47.7 Å². The van der Waals surface area contributed by atoms with Crippen molar-refractivity contribution in [2.75, 3.05) is 6.61 Å². The topological polar surface area (TPSA) is 49.0 Å². The van der Waals surface area contributed by atoms with E-state index in [2.05, 4.69) is 5.32 Å². The van der Waals surface area contributed by atoms with E-state index in [1.165, 1.54) is 0 Å². The minimum atomic E-state index is -0.175. The summed E-state index contributed by atoms with van der Waals surface area (Å²) in [6.07, 6.45) is 1.26. The molecular formula is C5H8NO2. The van der Waals surface area contributed by atoms with E-state index < -0.39 is 0 Å². The van der Waals surface area contributed by atoms with Crippen molar-refractivity contribution in [1.29, 1.82) is 0 Å². The Morgan fingerprint density at radius 3 is 2.75 bits per heavy atom. The lowest BCUT2D eigenvalue weighted by molar-refractivity contribution is -0.119. The standard InChI is InChI=1S/C5H8NO2/c7-3-4-1-2-5(8)6-4/h4H,1-3H2,(H,6,8)/t4-/m0/s1. The van der Waals surface area contributed by atoms with Crippen molar-refractivity contribution in [3.63, 3.8) is 0 Å². The Bertz CT molecular complexity index is 103. The summed E-state index contributed by atoms with van der Waals surface area (Å²) in [6, 6.07) is -0.0810. The van der Waals surface area contributed by atoms with Crippen molar-refractivity contribution in [2.24, 2.45) is 0 Å². The number of hydrogen-bond donors (Lipinski definition) is 1. The van der Waals surface area contributed by atoms with Gasteiger partial charge in [-0.2, -0.15) is 0 Å². The Kier molecular flexibility index (Phi) is 1.48. The van der Waals surface area contributed by atoms with Crippen LogP contribution in [-0.2, 0) is 9.90 Å². The second-order valence-corrected chi connectivity index (χ2v) is 1.97. The minimum Gasteiger partial charge on any atom is -0.351 e. The average molecular weight is 114 g/mol. The molecule has 0 aromatic carbocycles. The molecule has 1 fully saturated rings. The SMILES string of the molecule is [O]C[C@@H]1CCC(=O)N1. The van der Waals surface area contributed by atoms with Crippen molar-refractivity contribution in [3.8, 4) is 0 Å². The molecule has 1 N–H and O–H groups in total. The Morgan fingerprint density at radius 1 is 1.75 bits per heavy atom. The van der Waals surface area contributed by atoms with Gasteiger partial charge < -0.3 is 5.32 Å². The molecule has 45 valence electrons. The smallest absolute Gasteiger partial charge is 0.220 e. The molecule has 0 aromatic rings. The molecule has 1 aliphatic rings. The van der Waals surface area contributed by atoms with Gasteiger partial charge in [-0.25, -0.2) is 5.11 Å². The highest BCUT2D eigenvalue weighted by atomic mass is 16.3. The van der Waals surface area contributed by atoms with Crippen LogP contribution < -0.4 is 5.32 Å². The van der Waals surface area contributed by atoms with Crippen molar-refractivity contribution in [1.82, 2.24) is 5.32 Å². The Hall–Kier alpha value is -0.570. The van der Waals surface area contributed by atoms with E-state index in [0.29, 0.717) is 6.42 Å². The van der Waals surface area contributed by atoms with Gasteiger partial charge in [-0.05, 0) is 6.42 Å². The summed E-state index contributed by atoms with van der Waals surface area (Å²) in [6.45, 7) is -0.175. The normalized spacial score (nSPS) is 28.1. The van der Waals surface area contributed by atoms with Gasteiger partial charge in [0.1, 0.15) is 6.61 Å². The number of carbonyl (C=O) groups is 1. The third-order valence-corrected chi connectivity index (χ3v) is 1.29. The maximum atomic E-state index is 10.4. The maximum Gasteiger partial charge on any atom is 0.220 e. The van der Waals surface area contributed by atoms with Gasteiger partial charge >= 0.3 is 0 Å². The van der Waals surface area contributed by atoms with E-state index in [0.717, 1.165) is 6.42 Å². The fraction of sp³-hybridized carbons (Fsp3) is 0.800. The van der Waals surface area contributed by atoms with E-state index in [4.69, 9.17) is 0 Å². The van der Waals surface area contributed by atoms with Crippen molar-refractivity contribution >= 4 is 5.91 Å². The second kappa shape index (κ2) is 2.13. The van der Waals surface area contributed by atoms with Crippen LogP contribution in [0.3, 0.4) is 0 Å². The first kappa shape index (κ1) is 5.56. The van der Waals surface area contributed by atoms with Gasteiger partial charge in [-0.1, -0.05) is 0 Å². The highest BCUT2D eigenvalue weighted by Crippen LogP contribution is 2.04. The lowest BCUT2D eigenvalue weighted by Crippen LogP contribution is -2.27. The van der Waals surface area contributed by atoms with Gasteiger partial charge in [0, 0.05) is 6.42 Å². The van der Waals surface area contributed by atoms with Gasteiger partial charge in [0.25, 0.3) is 0 Å². The Morgan fingerprint density at radius 2 is 2.50 bits per heavy atom. The zero-order valence-electron chi connectivity index (χ0n) is 4.52. The summed E-state index contributed by atoms with van der Waals surface area (Å²) in [5.74, 6) is 0.0193. The molecular weight excluding hydrogens is 106 g/mol. The molecule has 1 saturated heterocycles. The first-order valence-corrected chi connectivity index (χ1v) is 2.70. The molecule has 1 radical (unpaired) electrons. The summed E-state index contributed by atoms with van der Waals surface area (Å²) in [5.41, 5.74) is 0. The Balaban J connectivity index is 2.32. The van der Waals surface area contributed by atoms with Gasteiger partial charge in [-0.15, -0.1) is 0 Å². The van der Waals surface area contributed by atoms with Crippen LogP contribution >= 0.6 is 0 Å². The summed E-state index contributed by atoms with van der Waals surface area (Å²) in [5, 5.41) is 12.6. The summed E-state index contributed by atoms with van der Waals surface area (Å²) < 4.78 is 0. The molecule has 0 bridgehead atoms. The fourth-order valence-corrected chi connectivity index (χ4v) is 0.802. The van der Waals surface area contributed by atoms with E-state index >= 15 is 0 Å². The van der Waals surface area contributed by atoms with Gasteiger partial charge in [0.15, 0.2) is 0 Å². The van der Waals surface area contributed by atoms with Crippen LogP contribution in [0.2, 0.25) is 0 Å². The molecule has 1 rings (SSSR count). The first-order chi connectivity index (χ1) is 3.83. The van der Waals surface area contributed by atoms with E-state index in [1.807, 2.05) is 0 Å². The quantitative estimate of drug-likeness (QED) is 0.499. The molecule has 3 heteroatoms. The van der Waals surface area contributed by atoms with Crippen molar-refractivity contribution in [3.05, 3.63) is 0 Å². The minimum absolute atomic E-state index is 0.0193. The first-order valence-electron chi connectivity index (χ1n) is 2.70. The molecule has 1 amide bonds. The molecule has 1 atom stereocenters. The molecule has 0 aliphatic carbocycles. The maximum absolute atomic E-state index is 10.4. The van der Waals surface area contributed by atoms with E-state index in [1.54, 1.807) is 0 Å². The molecule has 0 aromatic heterocycles. The highest BCUT2D eigenvalue weighted by molar-refractivity contribution is 5.78. The zero-order chi connectivity index (χ0) is 5.98. The van der Waals surface area contributed by atoms with Crippen LogP contribution in [0.1, 0.15) is 12.8 Å². The number of rotatable bonds is 1. The van der Waals surface area contributed by atoms with Crippen LogP contribution in [0.25, 0.3) is 0 Å². The zero-order valence-corrected chi connectivity index (χ0v) is 4.52. The van der Waals surface area contributed by atoms with Crippen LogP contribution in [-0.4, -0.2) is 18.6 Å². The largest absolute Gasteiger partial charge is 0.351 e. The molecule has 0 spiro atoms. The predicted octanol–water partition coefficient (Wildman–Crippen LogP) is -0.304. The third kappa shape index (κ3) is 0.980. The summed E-state index contributed by atoms with van der Waals surface area (Å²) >= 11 is 0. The van der Waals surface area contributed by atoms with E-state index in [9.17, 15) is 9.90 Å². The van der Waals surface area contributed by atoms with E-state index in [-0.39, 0.29) is 18.6 Å². The number of carbonyl (C=O) groups excluding carboxylic acids is 1. The molecule has 0 saturated carbocycles. The van der Waals surface area contributed by atoms with Crippen LogP contribution in [0.15, 0.2) is 0 Å². The molecule has 0 unspecified atom stereocenters. The monoisotopic (exact) mass is 114 g/mol. The molecule has 8 heavy (non-hydrogen) atoms. The molecule has 3 nitrogen and oxygen atoms in total. The van der Waals surface area contributed by atoms with Crippen LogP contribution in [0, 0.1) is 0 Å². The van der Waals surface area contributed by atoms with Crippen molar-refractivity contribution in [2.45, 2.75) is 18.9 Å². The predicted molar refractivity (Wildman–Crippen MR) is 26.7 cm³/mol. The molecule has 1 heterocycles. The second-order valence-electron chi connectivity index (χ2n) is 1.97. The van der Waals surface area contributed by atoms with Crippen LogP contribution in [0.4, 0.5) is 0 Å². The third-order valence-electron chi connectivity index (χ3n) is 1.29. The van der Waals surface area contributed by atoms with Crippen LogP contribution in [0.5, 0.6) is 0 Å². The number of nitrogens with one attached hydrogen (secondary N) is 1. The number of amides is 1. The average Bonchev–Trinajstić information content (AvgIpc) is 2.14. The highest BCUT2D eigenvalue weighted by Gasteiger charge is 2.19. The van der Waals surface area contributed by atoms with Gasteiger partial charge in [0.2, 0.25) is 5.91 Å². The molecule has 1 aliphatic heterocycles. The fourth-order valence-electron chi connectivity index (χ4n) is 0.802. The summed E-state index contributed by atoms with van der Waals surface area (Å²) in [7, 11) is 0. The lowest BCUT2D eigenvalue weighted by Gasteiger charge is -1.99. The van der Waals surface area contributed by atoms with Crippen molar-refractivity contribution < 1.29 is 9.90 Å². The lowest BCUT2D eigenvalue weighted by atomic mass is 10.2. The summed E-state index contributed by atoms with van der Waals surface area (Å²) in [4.78, 5) is 10.4. The van der Waals surface area contributed by atoms with Gasteiger partial charge in [-0.3, -0.25) is 4.79 Å². The number of hydrogen-bond acceptors (Lipinski definition) is 1.